The van der Waals surface area contributed by atoms with Crippen LogP contribution in [0, 0.1) is 5.92 Å². The molecule has 0 fully saturated rings. The molecule has 3 nitrogen and oxygen atoms in total. The van der Waals surface area contributed by atoms with E-state index in [-0.39, 0.29) is 11.3 Å². The van der Waals surface area contributed by atoms with Gasteiger partial charge in [-0.1, -0.05) is 46.8 Å². The summed E-state index contributed by atoms with van der Waals surface area (Å²) in [6, 6.07) is 8.31. The van der Waals surface area contributed by atoms with Gasteiger partial charge in [-0.2, -0.15) is 0 Å². The van der Waals surface area contributed by atoms with Crippen molar-refractivity contribution in [1.82, 2.24) is 5.32 Å². The number of benzene rings is 1. The number of rotatable bonds is 9. The zero-order valence-corrected chi connectivity index (χ0v) is 14.7. The zero-order valence-electron chi connectivity index (χ0n) is 14.7. The fourth-order valence-corrected chi connectivity index (χ4v) is 2.04. The van der Waals surface area contributed by atoms with Gasteiger partial charge in [0.25, 0.3) is 0 Å². The third-order valence-electron chi connectivity index (χ3n) is 4.04. The van der Waals surface area contributed by atoms with Crippen molar-refractivity contribution in [2.24, 2.45) is 5.92 Å². The summed E-state index contributed by atoms with van der Waals surface area (Å²) in [5.41, 5.74) is 1.53. The Morgan fingerprint density at radius 3 is 2.41 bits per heavy atom. The van der Waals surface area contributed by atoms with Gasteiger partial charge < -0.3 is 10.1 Å². The molecular formula is C19H31NO2. The topological polar surface area (TPSA) is 38.3 Å². The second kappa shape index (κ2) is 8.82. The van der Waals surface area contributed by atoms with Crippen LogP contribution in [-0.4, -0.2) is 19.1 Å². The molecule has 22 heavy (non-hydrogen) atoms. The molecule has 124 valence electrons. The molecule has 1 aromatic rings. The van der Waals surface area contributed by atoms with Crippen molar-refractivity contribution in [3.63, 3.8) is 0 Å². The monoisotopic (exact) mass is 305 g/mol. The van der Waals surface area contributed by atoms with E-state index in [2.05, 4.69) is 52.1 Å². The number of hydrogen-bond acceptors (Lipinski definition) is 2. The highest BCUT2D eigenvalue weighted by atomic mass is 16.5. The first-order chi connectivity index (χ1) is 10.3. The summed E-state index contributed by atoms with van der Waals surface area (Å²) in [7, 11) is 0. The SMILES string of the molecule is CCC(C)(C)c1ccc(OCCCC(=O)NCC(C)C)cc1. The lowest BCUT2D eigenvalue weighted by Gasteiger charge is -2.23. The van der Waals surface area contributed by atoms with Crippen LogP contribution < -0.4 is 10.1 Å². The van der Waals surface area contributed by atoms with Crippen LogP contribution in [0.5, 0.6) is 5.75 Å². The zero-order chi connectivity index (χ0) is 16.6. The first-order valence-electron chi connectivity index (χ1n) is 8.35. The summed E-state index contributed by atoms with van der Waals surface area (Å²) in [6.45, 7) is 12.2. The van der Waals surface area contributed by atoms with Crippen LogP contribution in [0.1, 0.15) is 59.4 Å². The number of hydrogen-bond donors (Lipinski definition) is 1. The van der Waals surface area contributed by atoms with Crippen molar-refractivity contribution in [1.29, 1.82) is 0 Å². The van der Waals surface area contributed by atoms with Crippen LogP contribution in [0.25, 0.3) is 0 Å². The fraction of sp³-hybridized carbons (Fsp3) is 0.632. The maximum atomic E-state index is 11.6. The van der Waals surface area contributed by atoms with Gasteiger partial charge in [-0.3, -0.25) is 4.79 Å². The molecular weight excluding hydrogens is 274 g/mol. The summed E-state index contributed by atoms with van der Waals surface area (Å²) in [4.78, 5) is 11.6. The standard InChI is InChI=1S/C19H31NO2/c1-6-19(4,5)16-9-11-17(12-10-16)22-13-7-8-18(21)20-14-15(2)3/h9-12,15H,6-8,13-14H2,1-5H3,(H,20,21). The quantitative estimate of drug-likeness (QED) is 0.691. The smallest absolute Gasteiger partial charge is 0.220 e. The minimum Gasteiger partial charge on any atom is -0.494 e. The van der Waals surface area contributed by atoms with Crippen molar-refractivity contribution in [3.8, 4) is 5.75 Å². The first kappa shape index (κ1) is 18.5. The molecule has 0 aliphatic carbocycles. The molecule has 1 aromatic carbocycles. The highest BCUT2D eigenvalue weighted by Gasteiger charge is 2.17. The molecule has 0 saturated carbocycles. The van der Waals surface area contributed by atoms with Crippen LogP contribution in [-0.2, 0) is 10.2 Å². The van der Waals surface area contributed by atoms with Crippen LogP contribution >= 0.6 is 0 Å². The second-order valence-electron chi connectivity index (χ2n) is 6.91. The van der Waals surface area contributed by atoms with Gasteiger partial charge >= 0.3 is 0 Å². The maximum Gasteiger partial charge on any atom is 0.220 e. The lowest BCUT2D eigenvalue weighted by molar-refractivity contribution is -0.121. The number of carbonyl (C=O) groups excluding carboxylic acids is 1. The van der Waals surface area contributed by atoms with E-state index < -0.39 is 0 Å². The minimum atomic E-state index is 0.109. The van der Waals surface area contributed by atoms with Gasteiger partial charge in [0.05, 0.1) is 6.61 Å². The molecule has 0 aliphatic heterocycles. The maximum absolute atomic E-state index is 11.6. The van der Waals surface area contributed by atoms with Crippen molar-refractivity contribution >= 4 is 5.91 Å². The van der Waals surface area contributed by atoms with Crippen molar-refractivity contribution in [3.05, 3.63) is 29.8 Å². The fourth-order valence-electron chi connectivity index (χ4n) is 2.04. The Bertz CT molecular complexity index is 449. The Labute approximate surface area is 135 Å². The number of carbonyl (C=O) groups is 1. The largest absolute Gasteiger partial charge is 0.494 e. The van der Waals surface area contributed by atoms with Gasteiger partial charge in [-0.15, -0.1) is 0 Å². The highest BCUT2D eigenvalue weighted by Crippen LogP contribution is 2.28. The molecule has 1 N–H and O–H groups in total. The highest BCUT2D eigenvalue weighted by molar-refractivity contribution is 5.75. The van der Waals surface area contributed by atoms with Gasteiger partial charge in [-0.25, -0.2) is 0 Å². The van der Waals surface area contributed by atoms with Gasteiger partial charge in [0.2, 0.25) is 5.91 Å². The van der Waals surface area contributed by atoms with E-state index in [1.54, 1.807) is 0 Å². The Kier molecular flexibility index (Phi) is 7.43. The summed E-state index contributed by atoms with van der Waals surface area (Å²) < 4.78 is 5.70. The van der Waals surface area contributed by atoms with Gasteiger partial charge in [0.1, 0.15) is 5.75 Å². The lowest BCUT2D eigenvalue weighted by Crippen LogP contribution is -2.27. The molecule has 0 aromatic heterocycles. The Balaban J connectivity index is 2.30. The molecule has 0 radical (unpaired) electrons. The van der Waals surface area contributed by atoms with E-state index in [1.165, 1.54) is 5.56 Å². The van der Waals surface area contributed by atoms with E-state index in [1.807, 2.05) is 12.1 Å². The first-order valence-corrected chi connectivity index (χ1v) is 8.35. The van der Waals surface area contributed by atoms with E-state index in [0.717, 1.165) is 25.1 Å². The van der Waals surface area contributed by atoms with E-state index in [0.29, 0.717) is 18.9 Å². The second-order valence-corrected chi connectivity index (χ2v) is 6.91. The van der Waals surface area contributed by atoms with E-state index in [4.69, 9.17) is 4.74 Å². The summed E-state index contributed by atoms with van der Waals surface area (Å²) in [6.07, 6.45) is 2.37. The summed E-state index contributed by atoms with van der Waals surface area (Å²) >= 11 is 0. The number of ether oxygens (including phenoxy) is 1. The molecule has 1 amide bonds. The Hall–Kier alpha value is -1.51. The van der Waals surface area contributed by atoms with E-state index >= 15 is 0 Å². The summed E-state index contributed by atoms with van der Waals surface area (Å²) in [5.74, 6) is 1.47. The molecule has 0 spiro atoms. The van der Waals surface area contributed by atoms with Gasteiger partial charge in [0, 0.05) is 13.0 Å². The molecule has 0 atom stereocenters. The summed E-state index contributed by atoms with van der Waals surface area (Å²) in [5, 5.41) is 2.92. The average Bonchev–Trinajstić information content (AvgIpc) is 2.50. The molecule has 0 aliphatic rings. The number of amides is 1. The van der Waals surface area contributed by atoms with Gasteiger partial charge in [-0.05, 0) is 41.9 Å². The molecule has 3 heteroatoms. The van der Waals surface area contributed by atoms with Crippen LogP contribution in [0.3, 0.4) is 0 Å². The predicted octanol–water partition coefficient (Wildman–Crippen LogP) is 4.31. The third-order valence-corrected chi connectivity index (χ3v) is 4.04. The molecule has 0 bridgehead atoms. The molecule has 0 unspecified atom stereocenters. The Morgan fingerprint density at radius 1 is 1.23 bits per heavy atom. The predicted molar refractivity (Wildman–Crippen MR) is 92.3 cm³/mol. The molecule has 1 rings (SSSR count). The average molecular weight is 305 g/mol. The normalized spacial score (nSPS) is 11.5. The van der Waals surface area contributed by atoms with Crippen LogP contribution in [0.2, 0.25) is 0 Å². The number of nitrogens with one attached hydrogen (secondary N) is 1. The lowest BCUT2D eigenvalue weighted by atomic mass is 9.82. The van der Waals surface area contributed by atoms with Crippen molar-refractivity contribution in [2.75, 3.05) is 13.2 Å². The third kappa shape index (κ3) is 6.50. The van der Waals surface area contributed by atoms with E-state index in [9.17, 15) is 4.79 Å². The van der Waals surface area contributed by atoms with Crippen molar-refractivity contribution in [2.45, 2.75) is 59.3 Å². The van der Waals surface area contributed by atoms with Gasteiger partial charge in [0.15, 0.2) is 0 Å². The molecule has 0 heterocycles. The molecule has 0 saturated heterocycles. The van der Waals surface area contributed by atoms with Crippen molar-refractivity contribution < 1.29 is 9.53 Å². The Morgan fingerprint density at radius 2 is 1.86 bits per heavy atom. The van der Waals surface area contributed by atoms with Crippen LogP contribution in [0.15, 0.2) is 24.3 Å². The van der Waals surface area contributed by atoms with Crippen LogP contribution in [0.4, 0.5) is 0 Å². The minimum absolute atomic E-state index is 0.109.